The van der Waals surface area contributed by atoms with Crippen LogP contribution in [0.2, 0.25) is 0 Å². The van der Waals surface area contributed by atoms with Crippen LogP contribution in [0, 0.1) is 23.3 Å². The molecule has 0 aliphatic carbocycles. The van der Waals surface area contributed by atoms with Crippen molar-refractivity contribution in [2.24, 2.45) is 10.7 Å². The summed E-state index contributed by atoms with van der Waals surface area (Å²) < 4.78 is 147. The third-order valence-corrected chi connectivity index (χ3v) is 14.3. The second-order valence-corrected chi connectivity index (χ2v) is 21.0. The number of benzene rings is 1. The summed E-state index contributed by atoms with van der Waals surface area (Å²) in [4.78, 5) is 52.1. The minimum Gasteiger partial charge on any atom is -0.420 e. The van der Waals surface area contributed by atoms with Crippen LogP contribution in [0.5, 0.6) is 5.75 Å². The minimum atomic E-state index is -4.00. The van der Waals surface area contributed by atoms with Crippen molar-refractivity contribution < 1.29 is 102 Å². The van der Waals surface area contributed by atoms with E-state index >= 15 is 0 Å². The Balaban J connectivity index is 0.789. The number of rotatable bonds is 44. The number of aliphatic imine (C=N–C) groups is 1. The number of sulfonamides is 1. The summed E-state index contributed by atoms with van der Waals surface area (Å²) in [7, 11) is -4.00. The predicted octanol–water partition coefficient (Wildman–Crippen LogP) is 3.67. The van der Waals surface area contributed by atoms with Crippen LogP contribution in [0.4, 0.5) is 17.6 Å². The quantitative estimate of drug-likeness (QED) is 0.0213. The molecular formula is C57H81F4N7O18S. The highest BCUT2D eigenvalue weighted by Crippen LogP contribution is 2.32. The highest BCUT2D eigenvalue weighted by molar-refractivity contribution is 7.89. The van der Waals surface area contributed by atoms with Gasteiger partial charge in [0.1, 0.15) is 10.7 Å². The lowest BCUT2D eigenvalue weighted by atomic mass is 9.96. The first kappa shape index (κ1) is 71.9. The molecular weight excluding hydrogens is 1180 g/mol. The van der Waals surface area contributed by atoms with Gasteiger partial charge in [-0.3, -0.25) is 24.2 Å². The van der Waals surface area contributed by atoms with E-state index < -0.39 is 57.5 Å². The molecule has 1 aromatic heterocycles. The molecule has 0 radical (unpaired) electrons. The number of amidine groups is 1. The normalized spacial score (nSPS) is 16.5. The van der Waals surface area contributed by atoms with Gasteiger partial charge >= 0.3 is 5.97 Å². The maximum absolute atomic E-state index is 14.0. The molecule has 30 heteroatoms. The predicted molar refractivity (Wildman–Crippen MR) is 305 cm³/mol. The highest BCUT2D eigenvalue weighted by Gasteiger charge is 2.32. The number of ether oxygens (including phenoxy) is 12. The number of nitrogens with one attached hydrogen (secondary N) is 2. The first-order valence-corrected chi connectivity index (χ1v) is 30.1. The van der Waals surface area contributed by atoms with Crippen molar-refractivity contribution in [3.8, 4) is 5.75 Å². The van der Waals surface area contributed by atoms with E-state index in [2.05, 4.69) is 25.3 Å². The highest BCUT2D eigenvalue weighted by atomic mass is 32.2. The van der Waals surface area contributed by atoms with Gasteiger partial charge in [-0.25, -0.2) is 27.3 Å². The van der Waals surface area contributed by atoms with Crippen molar-refractivity contribution in [3.63, 3.8) is 0 Å². The number of hydrogen-bond acceptors (Lipinski definition) is 22. The lowest BCUT2D eigenvalue weighted by molar-refractivity contribution is -0.180. The number of dihydropyridines is 1. The number of pyridine rings is 1. The number of amides is 2. The number of aromatic nitrogens is 1. The molecule has 2 unspecified atom stereocenters. The van der Waals surface area contributed by atoms with Gasteiger partial charge in [0.05, 0.1) is 176 Å². The Morgan fingerprint density at radius 2 is 1.26 bits per heavy atom. The molecule has 0 spiro atoms. The number of hydroxylamine groups is 2. The van der Waals surface area contributed by atoms with Gasteiger partial charge in [0.2, 0.25) is 33.3 Å². The van der Waals surface area contributed by atoms with Crippen molar-refractivity contribution in [1.82, 2.24) is 25.0 Å². The van der Waals surface area contributed by atoms with Crippen LogP contribution in [-0.2, 0) is 81.3 Å². The topological polar surface area (TPSA) is 287 Å². The van der Waals surface area contributed by atoms with E-state index in [1.165, 1.54) is 21.8 Å². The molecule has 3 aliphatic rings. The number of hydrogen-bond donors (Lipinski definition) is 3. The zero-order valence-electron chi connectivity index (χ0n) is 49.4. The number of carbonyl (C=O) groups is 3. The van der Waals surface area contributed by atoms with E-state index in [1.54, 1.807) is 24.4 Å². The Hall–Kier alpha value is -5.84. The summed E-state index contributed by atoms with van der Waals surface area (Å²) in [5.74, 6) is -9.90. The number of nitrogens with two attached hydrogens (primary N) is 1. The monoisotopic (exact) mass is 1260 g/mol. The van der Waals surface area contributed by atoms with Gasteiger partial charge in [0.25, 0.3) is 5.91 Å². The lowest BCUT2D eigenvalue weighted by Crippen LogP contribution is -2.45. The number of allylic oxidation sites excluding steroid dienone is 2. The molecule has 4 heterocycles. The van der Waals surface area contributed by atoms with Gasteiger partial charge in [-0.2, -0.15) is 13.1 Å². The first-order chi connectivity index (χ1) is 42.1. The van der Waals surface area contributed by atoms with Gasteiger partial charge in [-0.05, 0) is 55.7 Å². The number of morpholine rings is 1. The molecule has 1 saturated heterocycles. The van der Waals surface area contributed by atoms with Crippen LogP contribution in [0.15, 0.2) is 75.8 Å². The number of halogens is 4. The van der Waals surface area contributed by atoms with Crippen LogP contribution in [0.1, 0.15) is 52.0 Å². The van der Waals surface area contributed by atoms with Crippen LogP contribution in [0.25, 0.3) is 5.57 Å². The second-order valence-electron chi connectivity index (χ2n) is 19.0. The van der Waals surface area contributed by atoms with E-state index in [9.17, 15) is 40.4 Å². The van der Waals surface area contributed by atoms with E-state index in [-0.39, 0.29) is 107 Å². The van der Waals surface area contributed by atoms with Gasteiger partial charge in [0.15, 0.2) is 11.6 Å². The summed E-state index contributed by atoms with van der Waals surface area (Å²) in [5, 5.41) is 7.41. The Morgan fingerprint density at radius 1 is 0.747 bits per heavy atom. The molecule has 1 aromatic carbocycles. The van der Waals surface area contributed by atoms with Gasteiger partial charge < -0.3 is 73.2 Å². The fourth-order valence-electron chi connectivity index (χ4n) is 8.15. The molecule has 2 atom stereocenters. The molecule has 5 rings (SSSR count). The third-order valence-electron chi connectivity index (χ3n) is 12.4. The first-order valence-electron chi connectivity index (χ1n) is 28.7. The standard InChI is InChI=1S/C57H81F4N7O18S/c1-4-10-68(85-5-2)57(71)42-34-49-50(66-51(62)35-42)36-46(41(3)65-49)43-33-45(39-63-38-43)87(72,73)67-11-14-84-44(40-67)6-9-64-52(69)7-12-74-15-17-76-19-21-78-23-25-80-27-29-82-31-32-83-30-28-81-26-24-79-22-20-77-18-16-75-13-8-53(70)86-56-54(60)47(58)37-48(59)55(56)61/h6,9,33-34,36-39,41,44,65H,4-5,7-8,10-32,35,40H2,1-3H3,(H2,62,66)(H,64,69)/b9-6+. The fourth-order valence-corrected chi connectivity index (χ4v) is 9.58. The van der Waals surface area contributed by atoms with Crippen LogP contribution in [0.3, 0.4) is 0 Å². The Bertz CT molecular complexity index is 2710. The molecule has 87 heavy (non-hydrogen) atoms. The zero-order chi connectivity index (χ0) is 62.7. The third kappa shape index (κ3) is 26.0. The van der Waals surface area contributed by atoms with E-state index in [0.29, 0.717) is 135 Å². The minimum absolute atomic E-state index is 0.00352. The molecule has 0 saturated carbocycles. The maximum Gasteiger partial charge on any atom is 0.313 e. The Labute approximate surface area is 504 Å². The summed E-state index contributed by atoms with van der Waals surface area (Å²) >= 11 is 0. The molecule has 4 N–H and O–H groups in total. The molecule has 25 nitrogen and oxygen atoms in total. The summed E-state index contributed by atoms with van der Waals surface area (Å²) in [5.41, 5.74) is 9.12. The number of carbonyl (C=O) groups excluding carboxylic acids is 3. The van der Waals surface area contributed by atoms with Gasteiger partial charge in [0, 0.05) is 62.3 Å². The average Bonchev–Trinajstić information content (AvgIpc) is 2.73. The zero-order valence-corrected chi connectivity index (χ0v) is 50.2. The largest absolute Gasteiger partial charge is 0.420 e. The van der Waals surface area contributed by atoms with E-state index in [0.717, 1.165) is 5.57 Å². The number of esters is 1. The van der Waals surface area contributed by atoms with E-state index in [4.69, 9.17) is 62.7 Å². The van der Waals surface area contributed by atoms with Crippen molar-refractivity contribution >= 4 is 39.2 Å². The maximum atomic E-state index is 14.0. The summed E-state index contributed by atoms with van der Waals surface area (Å²) in [6.07, 6.45) is 9.39. The molecule has 2 aromatic rings. The molecule has 1 fully saturated rings. The van der Waals surface area contributed by atoms with Crippen LogP contribution < -0.4 is 21.1 Å². The lowest BCUT2D eigenvalue weighted by Gasteiger charge is -2.31. The SMILES string of the molecule is CCCN(OCC)C(=O)C1=CC2=C(C=C(c3cncc(S(=O)(=O)N4CCOC(/C=C/NC(=O)CCOCCOCCOCCOCCOCCOCCOCCOCCOCCOCCC(=O)Oc5c(F)c(F)cc(F)c5F)C4)c3)C(C)N2)N=C(N)C1. The molecule has 486 valence electrons. The Morgan fingerprint density at radius 3 is 1.78 bits per heavy atom. The molecule has 2 amide bonds. The summed E-state index contributed by atoms with van der Waals surface area (Å²) in [6, 6.07) is 1.27. The van der Waals surface area contributed by atoms with Crippen molar-refractivity contribution in [1.29, 1.82) is 0 Å². The Kier molecular flexibility index (Phi) is 33.6. The molecule has 3 aliphatic heterocycles. The van der Waals surface area contributed by atoms with Crippen LogP contribution in [-0.4, -0.2) is 224 Å². The molecule has 0 bridgehead atoms. The smallest absolute Gasteiger partial charge is 0.313 e. The fraction of sp³-hybridized carbons (Fsp3) is 0.596. The second kappa shape index (κ2) is 40.7. The van der Waals surface area contributed by atoms with Crippen molar-refractivity contribution in [3.05, 3.63) is 94.8 Å². The average molecular weight is 1260 g/mol. The summed E-state index contributed by atoms with van der Waals surface area (Å²) in [6.45, 7) is 12.8. The van der Waals surface area contributed by atoms with E-state index in [1.807, 2.05) is 26.8 Å². The van der Waals surface area contributed by atoms with Crippen molar-refractivity contribution in [2.45, 2.75) is 63.5 Å². The van der Waals surface area contributed by atoms with Crippen LogP contribution >= 0.6 is 0 Å². The van der Waals surface area contributed by atoms with Crippen molar-refractivity contribution in [2.75, 3.05) is 165 Å². The number of nitrogens with zero attached hydrogens (tertiary/aromatic N) is 4. The van der Waals surface area contributed by atoms with Gasteiger partial charge in [-0.1, -0.05) is 6.92 Å². The van der Waals surface area contributed by atoms with Gasteiger partial charge in [-0.15, -0.1) is 0 Å².